The number of fused-ring (bicyclic) bond motifs is 2. The zero-order valence-corrected chi connectivity index (χ0v) is 20.6. The summed E-state index contributed by atoms with van der Waals surface area (Å²) in [5.74, 6) is 0. The van der Waals surface area contributed by atoms with Crippen LogP contribution in [-0.2, 0) is 14.6 Å². The van der Waals surface area contributed by atoms with Gasteiger partial charge in [-0.2, -0.15) is 0 Å². The molecule has 0 bridgehead atoms. The monoisotopic (exact) mass is 496 g/mol. The smallest absolute Gasteiger partial charge is 0.410 e. The predicted molar refractivity (Wildman–Crippen MR) is 126 cm³/mol. The highest BCUT2D eigenvalue weighted by molar-refractivity contribution is 7.92. The van der Waals surface area contributed by atoms with Crippen LogP contribution in [0.15, 0.2) is 46.2 Å². The van der Waals surface area contributed by atoms with Crippen molar-refractivity contribution in [3.63, 3.8) is 0 Å². The van der Waals surface area contributed by atoms with E-state index in [0.29, 0.717) is 40.9 Å². The fourth-order valence-electron chi connectivity index (χ4n) is 4.29. The number of halogens is 2. The lowest BCUT2D eigenvalue weighted by Crippen LogP contribution is -2.39. The van der Waals surface area contributed by atoms with Crippen LogP contribution < -0.4 is 4.90 Å². The fourth-order valence-corrected chi connectivity index (χ4v) is 6.45. The minimum atomic E-state index is -3.77. The van der Waals surface area contributed by atoms with Crippen molar-refractivity contribution in [3.8, 4) is 0 Å². The molecule has 4 rings (SSSR count). The topological polar surface area (TPSA) is 66.9 Å². The first-order valence-electron chi connectivity index (χ1n) is 10.6. The summed E-state index contributed by atoms with van der Waals surface area (Å²) in [4.78, 5) is 16.7. The van der Waals surface area contributed by atoms with Crippen LogP contribution in [0.2, 0.25) is 10.0 Å². The van der Waals surface area contributed by atoms with Crippen molar-refractivity contribution in [1.82, 2.24) is 4.90 Å². The highest BCUT2D eigenvalue weighted by Gasteiger charge is 2.38. The Morgan fingerprint density at radius 1 is 0.969 bits per heavy atom. The van der Waals surface area contributed by atoms with E-state index >= 15 is 0 Å². The lowest BCUT2D eigenvalue weighted by molar-refractivity contribution is 0.0256. The number of anilines is 2. The Kier molecular flexibility index (Phi) is 6.11. The van der Waals surface area contributed by atoms with Gasteiger partial charge in [-0.3, -0.25) is 0 Å². The van der Waals surface area contributed by atoms with Gasteiger partial charge in [0.05, 0.1) is 21.2 Å². The van der Waals surface area contributed by atoms with Gasteiger partial charge in [0.1, 0.15) is 5.60 Å². The Balaban J connectivity index is 1.71. The van der Waals surface area contributed by atoms with Crippen molar-refractivity contribution in [1.29, 1.82) is 0 Å². The van der Waals surface area contributed by atoms with Crippen molar-refractivity contribution >= 4 is 50.5 Å². The van der Waals surface area contributed by atoms with Crippen molar-refractivity contribution < 1.29 is 17.9 Å². The third kappa shape index (κ3) is 4.43. The van der Waals surface area contributed by atoms with Crippen LogP contribution in [0.4, 0.5) is 16.2 Å². The molecule has 0 unspecified atom stereocenters. The predicted octanol–water partition coefficient (Wildman–Crippen LogP) is 6.07. The minimum absolute atomic E-state index is 0.00205. The van der Waals surface area contributed by atoms with Gasteiger partial charge >= 0.3 is 6.09 Å². The maximum absolute atomic E-state index is 13.4. The number of carbonyl (C=O) groups is 1. The maximum Gasteiger partial charge on any atom is 0.410 e. The number of nitrogens with zero attached hydrogens (tertiary/aromatic N) is 2. The van der Waals surface area contributed by atoms with Crippen LogP contribution in [0.5, 0.6) is 0 Å². The number of carbonyl (C=O) groups excluding carboxylic acids is 1. The number of hydrogen-bond acceptors (Lipinski definition) is 5. The van der Waals surface area contributed by atoms with Gasteiger partial charge in [0.2, 0.25) is 9.84 Å². The van der Waals surface area contributed by atoms with Crippen LogP contribution in [0.3, 0.4) is 0 Å². The molecule has 6 nitrogen and oxygen atoms in total. The van der Waals surface area contributed by atoms with E-state index in [1.165, 1.54) is 12.1 Å². The molecule has 172 valence electrons. The first-order valence-corrected chi connectivity index (χ1v) is 12.8. The molecule has 32 heavy (non-hydrogen) atoms. The largest absolute Gasteiger partial charge is 0.444 e. The molecular formula is C23H26Cl2N2O4S. The SMILES string of the molecule is CC(C)(C)OC(=O)N1CCC[C@@H](N2c3ccc(Cl)cc3S(=O)(=O)c3cc(Cl)ccc32)CC1. The summed E-state index contributed by atoms with van der Waals surface area (Å²) < 4.78 is 32.3. The van der Waals surface area contributed by atoms with E-state index in [2.05, 4.69) is 4.90 Å². The normalized spacial score (nSPS) is 20.2. The van der Waals surface area contributed by atoms with E-state index in [9.17, 15) is 13.2 Å². The maximum atomic E-state index is 13.4. The third-order valence-electron chi connectivity index (χ3n) is 5.66. The second-order valence-electron chi connectivity index (χ2n) is 9.15. The van der Waals surface area contributed by atoms with Crippen LogP contribution in [-0.4, -0.2) is 44.1 Å². The van der Waals surface area contributed by atoms with E-state index in [1.807, 2.05) is 20.8 Å². The number of ether oxygens (including phenoxy) is 1. The van der Waals surface area contributed by atoms with Gasteiger partial charge in [0.15, 0.2) is 0 Å². The van der Waals surface area contributed by atoms with Crippen molar-refractivity contribution in [3.05, 3.63) is 46.4 Å². The summed E-state index contributed by atoms with van der Waals surface area (Å²) in [6.45, 7) is 6.67. The van der Waals surface area contributed by atoms with E-state index in [4.69, 9.17) is 27.9 Å². The number of sulfone groups is 1. The molecule has 2 aromatic carbocycles. The molecule has 2 heterocycles. The Labute approximate surface area is 199 Å². The zero-order valence-electron chi connectivity index (χ0n) is 18.3. The molecule has 1 saturated heterocycles. The molecule has 1 atom stereocenters. The second kappa shape index (κ2) is 8.43. The van der Waals surface area contributed by atoms with Crippen LogP contribution in [0.1, 0.15) is 40.0 Å². The van der Waals surface area contributed by atoms with Crippen LogP contribution in [0, 0.1) is 0 Å². The fraction of sp³-hybridized carbons (Fsp3) is 0.435. The van der Waals surface area contributed by atoms with E-state index < -0.39 is 15.4 Å². The van der Waals surface area contributed by atoms with Gasteiger partial charge in [-0.05, 0) is 76.4 Å². The second-order valence-corrected chi connectivity index (χ2v) is 11.9. The zero-order chi connectivity index (χ0) is 23.3. The third-order valence-corrected chi connectivity index (χ3v) is 7.94. The summed E-state index contributed by atoms with van der Waals surface area (Å²) in [6.07, 6.45) is 1.92. The Morgan fingerprint density at radius 3 is 2.06 bits per heavy atom. The highest BCUT2D eigenvalue weighted by atomic mass is 35.5. The Morgan fingerprint density at radius 2 is 1.53 bits per heavy atom. The standard InChI is InChI=1S/C23H26Cl2N2O4S/c1-23(2,3)31-22(28)26-11-4-5-17(10-12-26)27-18-8-6-15(24)13-20(18)32(29,30)21-14-16(25)7-9-19(21)27/h6-9,13-14,17H,4-5,10-12H2,1-3H3/t17-/m1/s1. The first-order chi connectivity index (χ1) is 15.0. The molecular weight excluding hydrogens is 471 g/mol. The molecule has 0 aromatic heterocycles. The summed E-state index contributed by atoms with van der Waals surface area (Å²) >= 11 is 12.3. The van der Waals surface area contributed by atoms with Gasteiger partial charge in [0, 0.05) is 29.2 Å². The quantitative estimate of drug-likeness (QED) is 0.479. The highest BCUT2D eigenvalue weighted by Crippen LogP contribution is 2.47. The number of amides is 1. The Hall–Kier alpha value is -1.96. The van der Waals surface area contributed by atoms with Gasteiger partial charge in [0.25, 0.3) is 0 Å². The molecule has 2 aliphatic rings. The number of rotatable bonds is 1. The van der Waals surface area contributed by atoms with E-state index in [0.717, 1.165) is 12.8 Å². The van der Waals surface area contributed by atoms with Gasteiger partial charge in [-0.15, -0.1) is 0 Å². The molecule has 9 heteroatoms. The van der Waals surface area contributed by atoms with Gasteiger partial charge in [-0.25, -0.2) is 13.2 Å². The molecule has 2 aromatic rings. The first kappa shape index (κ1) is 23.2. The lowest BCUT2D eigenvalue weighted by Gasteiger charge is -2.38. The molecule has 0 aliphatic carbocycles. The molecule has 1 fully saturated rings. The summed E-state index contributed by atoms with van der Waals surface area (Å²) in [6, 6.07) is 9.89. The Bertz CT molecular complexity index is 1100. The molecule has 0 saturated carbocycles. The molecule has 0 N–H and O–H groups in total. The van der Waals surface area contributed by atoms with Gasteiger partial charge < -0.3 is 14.5 Å². The number of hydrogen-bond donors (Lipinski definition) is 0. The van der Waals surface area contributed by atoms with E-state index in [1.54, 1.807) is 29.2 Å². The lowest BCUT2D eigenvalue weighted by atomic mass is 10.0. The van der Waals surface area contributed by atoms with Gasteiger partial charge in [-0.1, -0.05) is 23.2 Å². The van der Waals surface area contributed by atoms with Crippen LogP contribution >= 0.6 is 23.2 Å². The molecule has 0 radical (unpaired) electrons. The number of likely N-dealkylation sites (tertiary alicyclic amines) is 1. The van der Waals surface area contributed by atoms with Crippen LogP contribution in [0.25, 0.3) is 0 Å². The molecule has 2 aliphatic heterocycles. The summed E-state index contributed by atoms with van der Waals surface area (Å²) in [5.41, 5.74) is 0.639. The average Bonchev–Trinajstić information content (AvgIpc) is 2.94. The summed E-state index contributed by atoms with van der Waals surface area (Å²) in [5, 5.41) is 0.712. The minimum Gasteiger partial charge on any atom is -0.444 e. The summed E-state index contributed by atoms with van der Waals surface area (Å²) in [7, 11) is -3.77. The van der Waals surface area contributed by atoms with Crippen molar-refractivity contribution in [2.24, 2.45) is 0 Å². The van der Waals surface area contributed by atoms with Crippen molar-refractivity contribution in [2.45, 2.75) is 61.5 Å². The van der Waals surface area contributed by atoms with E-state index in [-0.39, 0.29) is 21.9 Å². The number of benzene rings is 2. The molecule has 1 amide bonds. The average molecular weight is 497 g/mol. The molecule has 0 spiro atoms. The van der Waals surface area contributed by atoms with Crippen molar-refractivity contribution in [2.75, 3.05) is 18.0 Å².